The highest BCUT2D eigenvalue weighted by atomic mass is 79.9. The van der Waals surface area contributed by atoms with E-state index in [4.69, 9.17) is 10.2 Å². The van der Waals surface area contributed by atoms with Gasteiger partial charge in [-0.1, -0.05) is 12.1 Å². The highest BCUT2D eigenvalue weighted by Crippen LogP contribution is 2.25. The van der Waals surface area contributed by atoms with Gasteiger partial charge in [0.05, 0.1) is 6.04 Å². The van der Waals surface area contributed by atoms with Crippen LogP contribution in [-0.4, -0.2) is 6.26 Å². The minimum Gasteiger partial charge on any atom is -0.452 e. The van der Waals surface area contributed by atoms with Crippen LogP contribution in [0.4, 0.5) is 0 Å². The number of furan rings is 1. The average Bonchev–Trinajstić information content (AvgIpc) is 2.75. The molecule has 1 aromatic carbocycles. The summed E-state index contributed by atoms with van der Waals surface area (Å²) in [5.74, 6) is 0.767. The Hall–Kier alpha value is -0.710. The monoisotopic (exact) mass is 297 g/mol. The summed E-state index contributed by atoms with van der Waals surface area (Å²) in [4.78, 5) is 1.23. The summed E-state index contributed by atoms with van der Waals surface area (Å²) in [5.41, 5.74) is 7.16. The van der Waals surface area contributed by atoms with Gasteiger partial charge in [-0.3, -0.25) is 0 Å². The normalized spacial score (nSPS) is 12.7. The first-order valence-corrected chi connectivity index (χ1v) is 6.87. The van der Waals surface area contributed by atoms with E-state index in [2.05, 4.69) is 34.3 Å². The van der Waals surface area contributed by atoms with Gasteiger partial charge in [0.15, 0.2) is 4.67 Å². The first kappa shape index (κ1) is 11.8. The average molecular weight is 298 g/mol. The van der Waals surface area contributed by atoms with E-state index in [0.717, 1.165) is 11.3 Å². The number of halogens is 1. The lowest BCUT2D eigenvalue weighted by Crippen LogP contribution is -2.10. The molecule has 0 saturated heterocycles. The Morgan fingerprint density at radius 3 is 2.38 bits per heavy atom. The lowest BCUT2D eigenvalue weighted by molar-refractivity contribution is 0.470. The number of hydrogen-bond acceptors (Lipinski definition) is 3. The van der Waals surface area contributed by atoms with Crippen LogP contribution in [0.5, 0.6) is 0 Å². The van der Waals surface area contributed by atoms with E-state index in [1.54, 1.807) is 11.8 Å². The molecule has 84 valence electrons. The second-order valence-electron chi connectivity index (χ2n) is 3.39. The van der Waals surface area contributed by atoms with Gasteiger partial charge in [-0.25, -0.2) is 0 Å². The number of benzene rings is 1. The maximum atomic E-state index is 6.10. The molecule has 1 heterocycles. The topological polar surface area (TPSA) is 39.2 Å². The third kappa shape index (κ3) is 2.51. The van der Waals surface area contributed by atoms with Crippen LogP contribution in [-0.2, 0) is 0 Å². The molecule has 1 atom stereocenters. The zero-order valence-corrected chi connectivity index (χ0v) is 11.2. The molecule has 2 aromatic rings. The maximum absolute atomic E-state index is 6.10. The minimum absolute atomic E-state index is 0.206. The van der Waals surface area contributed by atoms with Crippen LogP contribution in [0.25, 0.3) is 0 Å². The molecule has 2 nitrogen and oxygen atoms in total. The molecular formula is C12H12BrNOS. The summed E-state index contributed by atoms with van der Waals surface area (Å²) in [6.45, 7) is 0. The van der Waals surface area contributed by atoms with E-state index < -0.39 is 0 Å². The largest absolute Gasteiger partial charge is 0.452 e. The van der Waals surface area contributed by atoms with Crippen molar-refractivity contribution < 1.29 is 4.42 Å². The Labute approximate surface area is 107 Å². The van der Waals surface area contributed by atoms with Crippen LogP contribution >= 0.6 is 27.7 Å². The zero-order valence-electron chi connectivity index (χ0n) is 8.81. The van der Waals surface area contributed by atoms with Crippen molar-refractivity contribution in [1.82, 2.24) is 0 Å². The number of nitrogens with two attached hydrogens (primary N) is 1. The summed E-state index contributed by atoms with van der Waals surface area (Å²) >= 11 is 4.99. The van der Waals surface area contributed by atoms with Gasteiger partial charge in [-0.2, -0.15) is 0 Å². The fourth-order valence-electron chi connectivity index (χ4n) is 1.47. The van der Waals surface area contributed by atoms with Gasteiger partial charge < -0.3 is 10.2 Å². The molecule has 1 aromatic heterocycles. The zero-order chi connectivity index (χ0) is 11.5. The van der Waals surface area contributed by atoms with Gasteiger partial charge >= 0.3 is 0 Å². The predicted octanol–water partition coefficient (Wildman–Crippen LogP) is 3.81. The van der Waals surface area contributed by atoms with E-state index in [0.29, 0.717) is 4.67 Å². The molecule has 4 heteroatoms. The summed E-state index contributed by atoms with van der Waals surface area (Å²) in [6, 6.07) is 11.7. The Balaban J connectivity index is 2.23. The summed E-state index contributed by atoms with van der Waals surface area (Å²) in [5, 5.41) is 0. The van der Waals surface area contributed by atoms with E-state index in [9.17, 15) is 0 Å². The number of hydrogen-bond donors (Lipinski definition) is 1. The van der Waals surface area contributed by atoms with Gasteiger partial charge in [-0.05, 0) is 52.0 Å². The van der Waals surface area contributed by atoms with Gasteiger partial charge in [0.1, 0.15) is 5.76 Å². The Bertz CT molecular complexity index is 466. The van der Waals surface area contributed by atoms with Gasteiger partial charge in [-0.15, -0.1) is 11.8 Å². The fraction of sp³-hybridized carbons (Fsp3) is 0.167. The van der Waals surface area contributed by atoms with E-state index in [1.165, 1.54) is 4.90 Å². The van der Waals surface area contributed by atoms with Crippen LogP contribution in [0, 0.1) is 0 Å². The summed E-state index contributed by atoms with van der Waals surface area (Å²) in [7, 11) is 0. The second kappa shape index (κ2) is 5.08. The first-order chi connectivity index (χ1) is 7.70. The van der Waals surface area contributed by atoms with Crippen molar-refractivity contribution in [3.8, 4) is 0 Å². The molecule has 0 spiro atoms. The van der Waals surface area contributed by atoms with Crippen molar-refractivity contribution in [3.63, 3.8) is 0 Å². The van der Waals surface area contributed by atoms with Gasteiger partial charge in [0, 0.05) is 4.90 Å². The lowest BCUT2D eigenvalue weighted by atomic mass is 10.1. The van der Waals surface area contributed by atoms with Gasteiger partial charge in [0.25, 0.3) is 0 Å². The summed E-state index contributed by atoms with van der Waals surface area (Å²) in [6.07, 6.45) is 2.05. The number of thioether (sulfide) groups is 1. The third-order valence-corrected chi connectivity index (χ3v) is 3.55. The van der Waals surface area contributed by atoms with Crippen molar-refractivity contribution in [2.75, 3.05) is 6.26 Å². The fourth-order valence-corrected chi connectivity index (χ4v) is 2.20. The number of rotatable bonds is 3. The Kier molecular flexibility index (Phi) is 3.74. The SMILES string of the molecule is CSc1ccc(C(N)c2ccc(Br)o2)cc1. The van der Waals surface area contributed by atoms with E-state index >= 15 is 0 Å². The molecule has 16 heavy (non-hydrogen) atoms. The van der Waals surface area contributed by atoms with Crippen molar-refractivity contribution in [3.05, 3.63) is 52.4 Å². The Morgan fingerprint density at radius 1 is 1.19 bits per heavy atom. The van der Waals surface area contributed by atoms with Crippen LogP contribution < -0.4 is 5.73 Å². The quantitative estimate of drug-likeness (QED) is 0.876. The predicted molar refractivity (Wildman–Crippen MR) is 70.7 cm³/mol. The van der Waals surface area contributed by atoms with Crippen LogP contribution in [0.1, 0.15) is 17.4 Å². The maximum Gasteiger partial charge on any atom is 0.169 e. The minimum atomic E-state index is -0.206. The standard InChI is InChI=1S/C12H12BrNOS/c1-16-9-4-2-8(3-5-9)12(14)10-6-7-11(13)15-10/h2-7,12H,14H2,1H3. The van der Waals surface area contributed by atoms with Gasteiger partial charge in [0.2, 0.25) is 0 Å². The van der Waals surface area contributed by atoms with E-state index in [-0.39, 0.29) is 6.04 Å². The Morgan fingerprint density at radius 2 is 1.88 bits per heavy atom. The molecule has 2 N–H and O–H groups in total. The molecule has 0 aliphatic heterocycles. The molecule has 0 fully saturated rings. The third-order valence-electron chi connectivity index (χ3n) is 2.38. The molecule has 0 bridgehead atoms. The molecular weight excluding hydrogens is 286 g/mol. The molecule has 0 aliphatic rings. The highest BCUT2D eigenvalue weighted by molar-refractivity contribution is 9.10. The molecule has 0 saturated carbocycles. The molecule has 1 unspecified atom stereocenters. The van der Waals surface area contributed by atoms with Crippen LogP contribution in [0.3, 0.4) is 0 Å². The van der Waals surface area contributed by atoms with Crippen molar-refractivity contribution in [2.24, 2.45) is 5.73 Å². The summed E-state index contributed by atoms with van der Waals surface area (Å²) < 4.78 is 6.15. The second-order valence-corrected chi connectivity index (χ2v) is 5.05. The lowest BCUT2D eigenvalue weighted by Gasteiger charge is -2.09. The smallest absolute Gasteiger partial charge is 0.169 e. The molecule has 2 rings (SSSR count). The highest BCUT2D eigenvalue weighted by Gasteiger charge is 2.12. The van der Waals surface area contributed by atoms with Crippen molar-refractivity contribution >= 4 is 27.7 Å². The van der Waals surface area contributed by atoms with E-state index in [1.807, 2.05) is 24.3 Å². The molecule has 0 radical (unpaired) electrons. The van der Waals surface area contributed by atoms with Crippen molar-refractivity contribution in [2.45, 2.75) is 10.9 Å². The molecule has 0 aliphatic carbocycles. The molecule has 0 amide bonds. The van der Waals surface area contributed by atoms with Crippen molar-refractivity contribution in [1.29, 1.82) is 0 Å². The van der Waals surface area contributed by atoms with Crippen LogP contribution in [0.2, 0.25) is 0 Å². The first-order valence-electron chi connectivity index (χ1n) is 4.85. The van der Waals surface area contributed by atoms with Crippen LogP contribution in [0.15, 0.2) is 50.4 Å².